The van der Waals surface area contributed by atoms with Crippen LogP contribution >= 0.6 is 11.8 Å². The van der Waals surface area contributed by atoms with Gasteiger partial charge in [0.25, 0.3) is 0 Å². The number of methoxy groups -OCH3 is 1. The van der Waals surface area contributed by atoms with E-state index in [4.69, 9.17) is 9.73 Å². The quantitative estimate of drug-likeness (QED) is 0.449. The van der Waals surface area contributed by atoms with Gasteiger partial charge in [0.1, 0.15) is 5.69 Å². The van der Waals surface area contributed by atoms with Gasteiger partial charge in [0, 0.05) is 22.5 Å². The summed E-state index contributed by atoms with van der Waals surface area (Å²) in [7, 11) is 1.41. The molecule has 1 unspecified atom stereocenters. The Morgan fingerprint density at radius 2 is 1.71 bits per heavy atom. The van der Waals surface area contributed by atoms with Crippen LogP contribution in [0.1, 0.15) is 11.3 Å². The molecule has 1 N–H and O–H groups in total. The Balaban J connectivity index is 1.71. The minimum absolute atomic E-state index is 0.360. The Bertz CT molecular complexity index is 1080. The first-order chi connectivity index (χ1) is 15.2. The maximum Gasteiger partial charge on any atom is 0.337 e. The van der Waals surface area contributed by atoms with E-state index in [1.807, 2.05) is 66.7 Å². The van der Waals surface area contributed by atoms with Crippen molar-refractivity contribution in [2.75, 3.05) is 12.9 Å². The molecule has 1 aliphatic rings. The lowest BCUT2D eigenvalue weighted by molar-refractivity contribution is -0.136. The van der Waals surface area contributed by atoms with Gasteiger partial charge in [-0.25, -0.2) is 4.79 Å². The van der Waals surface area contributed by atoms with Crippen LogP contribution in [0.2, 0.25) is 0 Å². The van der Waals surface area contributed by atoms with Crippen molar-refractivity contribution in [3.8, 4) is 0 Å². The summed E-state index contributed by atoms with van der Waals surface area (Å²) in [6.07, 6.45) is 2.34. The fourth-order valence-electron chi connectivity index (χ4n) is 3.44. The van der Waals surface area contributed by atoms with Crippen molar-refractivity contribution in [3.05, 3.63) is 108 Å². The lowest BCUT2D eigenvalue weighted by atomic mass is 9.96. The molecule has 5 nitrogen and oxygen atoms in total. The van der Waals surface area contributed by atoms with Gasteiger partial charge in [0.2, 0.25) is 0 Å². The summed E-state index contributed by atoms with van der Waals surface area (Å²) in [6.45, 7) is 0. The highest BCUT2D eigenvalue weighted by Crippen LogP contribution is 2.27. The van der Waals surface area contributed by atoms with Crippen LogP contribution in [-0.2, 0) is 16.0 Å². The van der Waals surface area contributed by atoms with Crippen molar-refractivity contribution in [2.45, 2.75) is 17.4 Å². The number of ether oxygens (including phenoxy) is 1. The van der Waals surface area contributed by atoms with Gasteiger partial charge in [0.15, 0.2) is 5.84 Å². The Kier molecular flexibility index (Phi) is 6.79. The summed E-state index contributed by atoms with van der Waals surface area (Å²) in [5.41, 5.74) is 3.22. The summed E-state index contributed by atoms with van der Waals surface area (Å²) in [5, 5.41) is 3.37. The molecule has 1 aliphatic heterocycles. The molecule has 0 bridgehead atoms. The number of esters is 1. The molecule has 1 aromatic heterocycles. The minimum Gasteiger partial charge on any atom is -0.466 e. The van der Waals surface area contributed by atoms with Gasteiger partial charge >= 0.3 is 5.97 Å². The van der Waals surface area contributed by atoms with Gasteiger partial charge in [-0.2, -0.15) is 0 Å². The van der Waals surface area contributed by atoms with Gasteiger partial charge in [-0.1, -0.05) is 54.6 Å². The van der Waals surface area contributed by atoms with E-state index in [2.05, 4.69) is 22.4 Å². The van der Waals surface area contributed by atoms with Crippen molar-refractivity contribution in [2.24, 2.45) is 4.99 Å². The number of rotatable bonds is 7. The molecule has 0 saturated carbocycles. The predicted octanol–water partition coefficient (Wildman–Crippen LogP) is 4.26. The molecule has 31 heavy (non-hydrogen) atoms. The molecule has 0 radical (unpaired) electrons. The third kappa shape index (κ3) is 5.22. The molecular weight excluding hydrogens is 406 g/mol. The van der Waals surface area contributed by atoms with Crippen LogP contribution in [-0.4, -0.2) is 35.7 Å². The fourth-order valence-corrected chi connectivity index (χ4v) is 4.33. The van der Waals surface area contributed by atoms with Crippen molar-refractivity contribution in [3.63, 3.8) is 0 Å². The summed E-state index contributed by atoms with van der Waals surface area (Å²) in [4.78, 5) is 23.3. The number of carbonyl (C=O) groups excluding carboxylic acids is 1. The molecule has 156 valence electrons. The van der Waals surface area contributed by atoms with Gasteiger partial charge in [-0.3, -0.25) is 9.98 Å². The van der Waals surface area contributed by atoms with E-state index < -0.39 is 0 Å². The number of carbonyl (C=O) groups is 1. The molecule has 1 atom stereocenters. The number of aromatic nitrogens is 1. The first-order valence-corrected chi connectivity index (χ1v) is 11.0. The van der Waals surface area contributed by atoms with E-state index in [9.17, 15) is 4.79 Å². The molecular formula is C25H23N3O2S. The summed E-state index contributed by atoms with van der Waals surface area (Å²) < 4.78 is 5.15. The second kappa shape index (κ2) is 10.1. The van der Waals surface area contributed by atoms with Crippen LogP contribution in [0.3, 0.4) is 0 Å². The van der Waals surface area contributed by atoms with E-state index in [1.165, 1.54) is 7.11 Å². The van der Waals surface area contributed by atoms with Crippen molar-refractivity contribution < 1.29 is 9.53 Å². The predicted molar refractivity (Wildman–Crippen MR) is 124 cm³/mol. The lowest BCUT2D eigenvalue weighted by Gasteiger charge is -2.27. The maximum atomic E-state index is 12.8. The summed E-state index contributed by atoms with van der Waals surface area (Å²) >= 11 is 1.66. The number of nitrogens with zero attached hydrogens (tertiary/aromatic N) is 2. The van der Waals surface area contributed by atoms with Crippen LogP contribution in [0, 0.1) is 0 Å². The van der Waals surface area contributed by atoms with Crippen molar-refractivity contribution in [1.29, 1.82) is 0 Å². The number of benzene rings is 2. The second-order valence-electron chi connectivity index (χ2n) is 7.01. The van der Waals surface area contributed by atoms with Crippen LogP contribution in [0.15, 0.2) is 106 Å². The topological polar surface area (TPSA) is 63.6 Å². The lowest BCUT2D eigenvalue weighted by Crippen LogP contribution is -2.38. The standard InChI is InChI=1S/C25H23N3O2S/c1-30-25(29)23-21(16-18-10-4-2-5-11-18)27-24(20-14-8-9-15-26-20)28-22(23)17-31-19-12-6-3-7-13-19/h2-15,21H,16-17H2,1H3,(H,27,28). The van der Waals surface area contributed by atoms with Crippen LogP contribution in [0.25, 0.3) is 0 Å². The number of hydrogen-bond acceptors (Lipinski definition) is 6. The molecule has 4 rings (SSSR count). The largest absolute Gasteiger partial charge is 0.466 e. The Labute approximate surface area is 186 Å². The third-order valence-electron chi connectivity index (χ3n) is 4.92. The van der Waals surface area contributed by atoms with Gasteiger partial charge in [-0.15, -0.1) is 11.8 Å². The average Bonchev–Trinajstić information content (AvgIpc) is 2.84. The first-order valence-electron chi connectivity index (χ1n) is 10.0. The number of nitrogens with one attached hydrogen (secondary N) is 1. The van der Waals surface area contributed by atoms with Crippen molar-refractivity contribution in [1.82, 2.24) is 10.3 Å². The zero-order valence-corrected chi connectivity index (χ0v) is 18.0. The van der Waals surface area contributed by atoms with Crippen LogP contribution in [0.4, 0.5) is 0 Å². The van der Waals surface area contributed by atoms with Crippen LogP contribution in [0.5, 0.6) is 0 Å². The summed E-state index contributed by atoms with van der Waals surface area (Å²) in [5.74, 6) is 0.893. The average molecular weight is 430 g/mol. The molecule has 2 heterocycles. The highest BCUT2D eigenvalue weighted by Gasteiger charge is 2.31. The SMILES string of the molecule is COC(=O)C1=C(CSc2ccccc2)NC(c2ccccn2)=NC1Cc1ccccc1. The molecule has 3 aromatic rings. The molecule has 0 amide bonds. The number of amidine groups is 1. The van der Waals surface area contributed by atoms with E-state index in [-0.39, 0.29) is 12.0 Å². The molecule has 0 saturated heterocycles. The van der Waals surface area contributed by atoms with E-state index >= 15 is 0 Å². The Morgan fingerprint density at radius 3 is 2.39 bits per heavy atom. The van der Waals surface area contributed by atoms with Crippen molar-refractivity contribution >= 4 is 23.6 Å². The molecule has 0 aliphatic carbocycles. The Hall–Kier alpha value is -3.38. The number of thioether (sulfide) groups is 1. The first kappa shape index (κ1) is 20.9. The normalized spacial score (nSPS) is 15.8. The number of aliphatic imine (C=N–C) groups is 1. The van der Waals surface area contributed by atoms with E-state index in [0.717, 1.165) is 21.8 Å². The van der Waals surface area contributed by atoms with Gasteiger partial charge in [0.05, 0.1) is 18.7 Å². The van der Waals surface area contributed by atoms with Gasteiger partial charge in [-0.05, 0) is 36.2 Å². The smallest absolute Gasteiger partial charge is 0.337 e. The molecule has 0 spiro atoms. The number of hydrogen-bond donors (Lipinski definition) is 1. The highest BCUT2D eigenvalue weighted by atomic mass is 32.2. The van der Waals surface area contributed by atoms with E-state index in [1.54, 1.807) is 18.0 Å². The maximum absolute atomic E-state index is 12.8. The fraction of sp³-hybridized carbons (Fsp3) is 0.160. The van der Waals surface area contributed by atoms with E-state index in [0.29, 0.717) is 23.6 Å². The highest BCUT2D eigenvalue weighted by molar-refractivity contribution is 7.99. The number of pyridine rings is 1. The molecule has 2 aromatic carbocycles. The Morgan fingerprint density at radius 1 is 1.00 bits per heavy atom. The van der Waals surface area contributed by atoms with Crippen LogP contribution < -0.4 is 5.32 Å². The minimum atomic E-state index is -0.362. The molecule has 0 fully saturated rings. The summed E-state index contributed by atoms with van der Waals surface area (Å²) in [6, 6.07) is 25.5. The molecule has 6 heteroatoms. The zero-order valence-electron chi connectivity index (χ0n) is 17.2. The third-order valence-corrected chi connectivity index (χ3v) is 5.96. The zero-order chi connectivity index (χ0) is 21.5. The van der Waals surface area contributed by atoms with Gasteiger partial charge < -0.3 is 10.1 Å². The second-order valence-corrected chi connectivity index (χ2v) is 8.06. The monoisotopic (exact) mass is 429 g/mol.